The van der Waals surface area contributed by atoms with Crippen LogP contribution in [0.3, 0.4) is 0 Å². The molecule has 0 amide bonds. The molecule has 0 spiro atoms. The number of hydrogen-bond acceptors (Lipinski definition) is 4. The van der Waals surface area contributed by atoms with Crippen molar-refractivity contribution in [2.24, 2.45) is 4.99 Å². The highest BCUT2D eigenvalue weighted by Gasteiger charge is 2.16. The first-order valence-corrected chi connectivity index (χ1v) is 16.1. The molecule has 48 heavy (non-hydrogen) atoms. The molecule has 0 radical (unpaired) electrons. The highest BCUT2D eigenvalue weighted by molar-refractivity contribution is 6.16. The van der Waals surface area contributed by atoms with Crippen LogP contribution in [-0.2, 0) is 6.54 Å². The third kappa shape index (κ3) is 4.27. The SMILES string of the molecule is C(=NCc1ccc2c(c1)oc1ccccc12)c1cccc2oc3ccc(-c4cccc5oc6ccc(-c7ccccc7)cc6c45)cc3c12. The standard InChI is InChI=1S/C44H27NO3/c1-2-8-28(9-3-1)29-17-20-39-36(23-29)44-32(12-7-15-41(44)47-39)30-18-21-38-35(24-30)43-31(10-6-14-40(43)46-38)26-45-25-27-16-19-34-33-11-4-5-13-37(33)48-42(34)22-27/h1-24,26H,25H2. The normalized spacial score (nSPS) is 12.2. The fourth-order valence-corrected chi connectivity index (χ4v) is 7.12. The van der Waals surface area contributed by atoms with E-state index < -0.39 is 0 Å². The third-order valence-electron chi connectivity index (χ3n) is 9.39. The summed E-state index contributed by atoms with van der Waals surface area (Å²) >= 11 is 0. The molecule has 0 bridgehead atoms. The van der Waals surface area contributed by atoms with E-state index in [0.29, 0.717) is 6.54 Å². The number of rotatable bonds is 5. The molecule has 3 heterocycles. The molecule has 10 rings (SSSR count). The highest BCUT2D eigenvalue weighted by atomic mass is 16.3. The van der Waals surface area contributed by atoms with E-state index in [1.54, 1.807) is 0 Å². The molecule has 4 heteroatoms. The van der Waals surface area contributed by atoms with Gasteiger partial charge in [-0.1, -0.05) is 97.1 Å². The predicted molar refractivity (Wildman–Crippen MR) is 197 cm³/mol. The van der Waals surface area contributed by atoms with Crippen LogP contribution in [-0.4, -0.2) is 6.21 Å². The zero-order valence-electron chi connectivity index (χ0n) is 25.8. The smallest absolute Gasteiger partial charge is 0.136 e. The number of furan rings is 3. The second-order valence-electron chi connectivity index (χ2n) is 12.3. The lowest BCUT2D eigenvalue weighted by Crippen LogP contribution is -1.86. The Morgan fingerprint density at radius 2 is 1.06 bits per heavy atom. The quantitative estimate of drug-likeness (QED) is 0.181. The molecule has 0 fully saturated rings. The number of nitrogens with zero attached hydrogens (tertiary/aromatic N) is 1. The zero-order chi connectivity index (χ0) is 31.6. The first kappa shape index (κ1) is 26.8. The van der Waals surface area contributed by atoms with E-state index in [4.69, 9.17) is 18.2 Å². The van der Waals surface area contributed by atoms with Gasteiger partial charge in [0.1, 0.15) is 33.5 Å². The van der Waals surface area contributed by atoms with Gasteiger partial charge in [-0.25, -0.2) is 0 Å². The first-order valence-electron chi connectivity index (χ1n) is 16.1. The number of benzene rings is 7. The van der Waals surface area contributed by atoms with Gasteiger partial charge in [-0.2, -0.15) is 0 Å². The summed E-state index contributed by atoms with van der Waals surface area (Å²) in [6, 6.07) is 50.3. The van der Waals surface area contributed by atoms with Crippen molar-refractivity contribution < 1.29 is 13.3 Å². The lowest BCUT2D eigenvalue weighted by atomic mass is 9.96. The Morgan fingerprint density at radius 1 is 0.417 bits per heavy atom. The maximum absolute atomic E-state index is 6.35. The summed E-state index contributed by atoms with van der Waals surface area (Å²) in [4.78, 5) is 4.87. The van der Waals surface area contributed by atoms with Crippen molar-refractivity contribution in [1.29, 1.82) is 0 Å². The maximum atomic E-state index is 6.35. The van der Waals surface area contributed by atoms with Crippen LogP contribution in [0.5, 0.6) is 0 Å². The van der Waals surface area contributed by atoms with Crippen molar-refractivity contribution in [3.63, 3.8) is 0 Å². The van der Waals surface area contributed by atoms with E-state index in [1.807, 2.05) is 48.7 Å². The van der Waals surface area contributed by atoms with Crippen molar-refractivity contribution in [3.8, 4) is 22.3 Å². The van der Waals surface area contributed by atoms with Gasteiger partial charge in [0.2, 0.25) is 0 Å². The maximum Gasteiger partial charge on any atom is 0.136 e. The topological polar surface area (TPSA) is 51.8 Å². The summed E-state index contributed by atoms with van der Waals surface area (Å²) in [6.45, 7) is 0.547. The van der Waals surface area contributed by atoms with Gasteiger partial charge in [0.15, 0.2) is 0 Å². The molecule has 0 aliphatic carbocycles. The Morgan fingerprint density at radius 3 is 1.94 bits per heavy atom. The minimum Gasteiger partial charge on any atom is -0.456 e. The average Bonchev–Trinajstić information content (AvgIpc) is 3.82. The van der Waals surface area contributed by atoms with Crippen molar-refractivity contribution in [2.45, 2.75) is 6.54 Å². The van der Waals surface area contributed by atoms with Crippen LogP contribution in [0, 0.1) is 0 Å². The highest BCUT2D eigenvalue weighted by Crippen LogP contribution is 2.41. The van der Waals surface area contributed by atoms with E-state index in [-0.39, 0.29) is 0 Å². The molecule has 0 aliphatic rings. The first-order chi connectivity index (χ1) is 23.8. The minimum atomic E-state index is 0.547. The second-order valence-corrected chi connectivity index (χ2v) is 12.3. The molecule has 7 aromatic carbocycles. The van der Waals surface area contributed by atoms with Gasteiger partial charge < -0.3 is 13.3 Å². The van der Waals surface area contributed by atoms with Crippen molar-refractivity contribution in [1.82, 2.24) is 0 Å². The lowest BCUT2D eigenvalue weighted by Gasteiger charge is -2.06. The Bertz CT molecular complexity index is 2870. The Kier molecular flexibility index (Phi) is 5.90. The van der Waals surface area contributed by atoms with Gasteiger partial charge in [-0.05, 0) is 76.3 Å². The lowest BCUT2D eigenvalue weighted by molar-refractivity contribution is 0.668. The monoisotopic (exact) mass is 617 g/mol. The van der Waals surface area contributed by atoms with Crippen LogP contribution in [0.1, 0.15) is 11.1 Å². The summed E-state index contributed by atoms with van der Waals surface area (Å²) in [5.74, 6) is 0. The van der Waals surface area contributed by atoms with E-state index >= 15 is 0 Å². The summed E-state index contributed by atoms with van der Waals surface area (Å²) in [7, 11) is 0. The van der Waals surface area contributed by atoms with E-state index in [0.717, 1.165) is 88.1 Å². The van der Waals surface area contributed by atoms with Crippen molar-refractivity contribution in [3.05, 3.63) is 157 Å². The zero-order valence-corrected chi connectivity index (χ0v) is 25.8. The van der Waals surface area contributed by atoms with E-state index in [2.05, 4.69) is 103 Å². The van der Waals surface area contributed by atoms with Crippen LogP contribution in [0.25, 0.3) is 88.1 Å². The van der Waals surface area contributed by atoms with Crippen LogP contribution in [0.4, 0.5) is 0 Å². The van der Waals surface area contributed by atoms with Crippen molar-refractivity contribution in [2.75, 3.05) is 0 Å². The van der Waals surface area contributed by atoms with Crippen molar-refractivity contribution >= 4 is 72.0 Å². The molecular formula is C44H27NO3. The number of hydrogen-bond donors (Lipinski definition) is 0. The van der Waals surface area contributed by atoms with Gasteiger partial charge >= 0.3 is 0 Å². The largest absolute Gasteiger partial charge is 0.456 e. The molecule has 0 N–H and O–H groups in total. The Labute approximate surface area is 275 Å². The molecule has 0 saturated heterocycles. The molecule has 0 unspecified atom stereocenters. The van der Waals surface area contributed by atoms with Gasteiger partial charge in [0.05, 0.1) is 6.54 Å². The number of para-hydroxylation sites is 1. The Balaban J connectivity index is 1.05. The third-order valence-corrected chi connectivity index (χ3v) is 9.39. The van der Waals surface area contributed by atoms with Gasteiger partial charge in [0.25, 0.3) is 0 Å². The fraction of sp³-hybridized carbons (Fsp3) is 0.0227. The summed E-state index contributed by atoms with van der Waals surface area (Å²) < 4.78 is 18.8. The van der Waals surface area contributed by atoms with Gasteiger partial charge in [-0.15, -0.1) is 0 Å². The van der Waals surface area contributed by atoms with Crippen LogP contribution in [0.15, 0.2) is 164 Å². The van der Waals surface area contributed by atoms with Crippen LogP contribution >= 0.6 is 0 Å². The molecule has 10 aromatic rings. The Hall–Kier alpha value is -6.39. The molecule has 0 aliphatic heterocycles. The molecule has 3 aromatic heterocycles. The molecule has 0 atom stereocenters. The fourth-order valence-electron chi connectivity index (χ4n) is 7.12. The van der Waals surface area contributed by atoms with Gasteiger partial charge in [-0.3, -0.25) is 4.99 Å². The molecule has 4 nitrogen and oxygen atoms in total. The second kappa shape index (κ2) is 10.6. The van der Waals surface area contributed by atoms with E-state index in [1.165, 1.54) is 11.1 Å². The predicted octanol–water partition coefficient (Wildman–Crippen LogP) is 12.3. The molecule has 0 saturated carbocycles. The minimum absolute atomic E-state index is 0.547. The summed E-state index contributed by atoms with van der Waals surface area (Å²) in [5, 5.41) is 6.59. The average molecular weight is 618 g/mol. The number of fused-ring (bicyclic) bond motifs is 9. The van der Waals surface area contributed by atoms with Gasteiger partial charge in [0, 0.05) is 44.1 Å². The molecule has 226 valence electrons. The number of aliphatic imine (C=N–C) groups is 1. The molecular weight excluding hydrogens is 590 g/mol. The summed E-state index contributed by atoms with van der Waals surface area (Å²) in [6.07, 6.45) is 1.96. The van der Waals surface area contributed by atoms with E-state index in [9.17, 15) is 0 Å². The summed E-state index contributed by atoms with van der Waals surface area (Å²) in [5.41, 5.74) is 11.9. The van der Waals surface area contributed by atoms with Crippen LogP contribution in [0.2, 0.25) is 0 Å². The van der Waals surface area contributed by atoms with Crippen LogP contribution < -0.4 is 0 Å².